The summed E-state index contributed by atoms with van der Waals surface area (Å²) in [5.74, 6) is 0.838. The first-order valence-electron chi connectivity index (χ1n) is 6.04. The fourth-order valence-electron chi connectivity index (χ4n) is 1.63. The molecule has 0 saturated heterocycles. The summed E-state index contributed by atoms with van der Waals surface area (Å²) in [7, 11) is 3.74. The normalized spacial score (nSPS) is 9.21. The van der Waals surface area contributed by atoms with Crippen LogP contribution in [0, 0.1) is 6.92 Å². The van der Waals surface area contributed by atoms with Crippen LogP contribution in [0.15, 0.2) is 43.6 Å². The summed E-state index contributed by atoms with van der Waals surface area (Å²) in [5, 5.41) is 6.17. The molecule has 4 nitrogen and oxygen atoms in total. The largest absolute Gasteiger partial charge is 0.385 e. The lowest BCUT2D eigenvalue weighted by Gasteiger charge is -2.09. The highest BCUT2D eigenvalue weighted by Gasteiger charge is 2.04. The van der Waals surface area contributed by atoms with Gasteiger partial charge < -0.3 is 10.6 Å². The van der Waals surface area contributed by atoms with E-state index in [4.69, 9.17) is 0 Å². The molecule has 4 heteroatoms. The van der Waals surface area contributed by atoms with Crippen LogP contribution in [0.25, 0.3) is 11.3 Å². The molecule has 0 saturated carbocycles. The van der Waals surface area contributed by atoms with Crippen molar-refractivity contribution in [3.63, 3.8) is 0 Å². The van der Waals surface area contributed by atoms with Gasteiger partial charge >= 0.3 is 0 Å². The Morgan fingerprint density at radius 2 is 1.74 bits per heavy atom. The van der Waals surface area contributed by atoms with Crippen molar-refractivity contribution in [1.29, 1.82) is 0 Å². The molecule has 2 N–H and O–H groups in total. The van der Waals surface area contributed by atoms with Gasteiger partial charge in [-0.3, -0.25) is 4.98 Å². The Balaban J connectivity index is 0.000000861. The number of anilines is 2. The number of aromatic nitrogens is 2. The number of nitrogens with zero attached hydrogens (tertiary/aromatic N) is 2. The van der Waals surface area contributed by atoms with Crippen molar-refractivity contribution in [2.45, 2.75) is 6.92 Å². The fourth-order valence-corrected chi connectivity index (χ4v) is 1.63. The second-order valence-corrected chi connectivity index (χ2v) is 3.78. The molecule has 2 aromatic heterocycles. The van der Waals surface area contributed by atoms with Gasteiger partial charge in [0.25, 0.3) is 0 Å². The molecule has 0 aliphatic rings. The van der Waals surface area contributed by atoms with Crippen LogP contribution in [-0.2, 0) is 0 Å². The maximum absolute atomic E-state index is 4.55. The third-order valence-corrected chi connectivity index (χ3v) is 2.61. The van der Waals surface area contributed by atoms with Crippen molar-refractivity contribution < 1.29 is 0 Å². The van der Waals surface area contributed by atoms with Crippen molar-refractivity contribution in [2.75, 3.05) is 24.7 Å². The van der Waals surface area contributed by atoms with Gasteiger partial charge in [-0.05, 0) is 31.2 Å². The minimum Gasteiger partial charge on any atom is -0.385 e. The van der Waals surface area contributed by atoms with E-state index >= 15 is 0 Å². The van der Waals surface area contributed by atoms with E-state index < -0.39 is 0 Å². The van der Waals surface area contributed by atoms with Gasteiger partial charge in [-0.1, -0.05) is 0 Å². The molecule has 0 aromatic carbocycles. The van der Waals surface area contributed by atoms with Gasteiger partial charge in [-0.15, -0.1) is 13.2 Å². The summed E-state index contributed by atoms with van der Waals surface area (Å²) < 4.78 is 0. The van der Waals surface area contributed by atoms with E-state index in [2.05, 4.69) is 33.8 Å². The average Bonchev–Trinajstić information content (AvgIpc) is 2.49. The quantitative estimate of drug-likeness (QED) is 0.827. The molecule has 0 unspecified atom stereocenters. The summed E-state index contributed by atoms with van der Waals surface area (Å²) in [4.78, 5) is 8.83. The molecular weight excluding hydrogens is 236 g/mol. The highest BCUT2D eigenvalue weighted by atomic mass is 15.0. The van der Waals surface area contributed by atoms with Crippen molar-refractivity contribution in [3.05, 3.63) is 49.3 Å². The smallest absolute Gasteiger partial charge is 0.149 e. The Hall–Kier alpha value is -2.36. The van der Waals surface area contributed by atoms with Crippen LogP contribution < -0.4 is 10.6 Å². The number of nitrogens with one attached hydrogen (secondary N) is 2. The summed E-state index contributed by atoms with van der Waals surface area (Å²) >= 11 is 0. The summed E-state index contributed by atoms with van der Waals surface area (Å²) in [6, 6.07) is 8.01. The number of rotatable bonds is 3. The van der Waals surface area contributed by atoms with Crippen LogP contribution in [0.2, 0.25) is 0 Å². The molecule has 2 rings (SSSR count). The van der Waals surface area contributed by atoms with Gasteiger partial charge in [0.05, 0.1) is 11.4 Å². The Labute approximate surface area is 114 Å². The molecule has 0 spiro atoms. The second kappa shape index (κ2) is 7.16. The van der Waals surface area contributed by atoms with Crippen LogP contribution in [0.3, 0.4) is 0 Å². The van der Waals surface area contributed by atoms with Crippen molar-refractivity contribution >= 4 is 11.5 Å². The van der Waals surface area contributed by atoms with Gasteiger partial charge in [0.1, 0.15) is 5.82 Å². The lowest BCUT2D eigenvalue weighted by molar-refractivity contribution is 1.19. The number of hydrogen-bond donors (Lipinski definition) is 2. The third kappa shape index (κ3) is 3.55. The molecule has 0 aliphatic heterocycles. The monoisotopic (exact) mass is 256 g/mol. The average molecular weight is 256 g/mol. The Morgan fingerprint density at radius 1 is 1.00 bits per heavy atom. The molecule has 0 aliphatic carbocycles. The van der Waals surface area contributed by atoms with Crippen LogP contribution in [0.4, 0.5) is 11.5 Å². The van der Waals surface area contributed by atoms with E-state index in [1.165, 1.54) is 0 Å². The Bertz CT molecular complexity index is 520. The van der Waals surface area contributed by atoms with E-state index in [0.29, 0.717) is 0 Å². The molecule has 2 heterocycles. The lowest BCUT2D eigenvalue weighted by atomic mass is 10.1. The SMILES string of the molecule is C=C.CNc1ccc(-c2ccc(C)nc2)nc1NC. The topological polar surface area (TPSA) is 49.8 Å². The molecule has 0 fully saturated rings. The maximum Gasteiger partial charge on any atom is 0.149 e. The third-order valence-electron chi connectivity index (χ3n) is 2.61. The van der Waals surface area contributed by atoms with Crippen LogP contribution in [0.5, 0.6) is 0 Å². The summed E-state index contributed by atoms with van der Waals surface area (Å²) in [6.07, 6.45) is 1.84. The first-order chi connectivity index (χ1) is 9.24. The number of hydrogen-bond acceptors (Lipinski definition) is 4. The molecule has 19 heavy (non-hydrogen) atoms. The second-order valence-electron chi connectivity index (χ2n) is 3.78. The van der Waals surface area contributed by atoms with Crippen molar-refractivity contribution in [2.24, 2.45) is 0 Å². The standard InChI is InChI=1S/C13H16N4.C2H4/c1-9-4-5-10(8-16-9)11-6-7-12(14-2)13(15-3)17-11;1-2/h4-8,14H,1-3H3,(H,15,17);1-2H2. The molecule has 0 bridgehead atoms. The predicted molar refractivity (Wildman–Crippen MR) is 82.6 cm³/mol. The summed E-state index contributed by atoms with van der Waals surface area (Å²) in [6.45, 7) is 7.97. The Morgan fingerprint density at radius 3 is 2.26 bits per heavy atom. The molecule has 0 radical (unpaired) electrons. The van der Waals surface area contributed by atoms with E-state index in [9.17, 15) is 0 Å². The van der Waals surface area contributed by atoms with Crippen molar-refractivity contribution in [1.82, 2.24) is 9.97 Å². The van der Waals surface area contributed by atoms with E-state index in [1.54, 1.807) is 0 Å². The van der Waals surface area contributed by atoms with Crippen LogP contribution in [0.1, 0.15) is 5.69 Å². The van der Waals surface area contributed by atoms with Gasteiger partial charge in [-0.25, -0.2) is 4.98 Å². The van der Waals surface area contributed by atoms with E-state index in [1.807, 2.05) is 51.5 Å². The zero-order valence-electron chi connectivity index (χ0n) is 11.7. The highest BCUT2D eigenvalue weighted by molar-refractivity contribution is 5.70. The first-order valence-corrected chi connectivity index (χ1v) is 6.04. The maximum atomic E-state index is 4.55. The molecule has 0 atom stereocenters. The summed E-state index contributed by atoms with van der Waals surface area (Å²) in [5.41, 5.74) is 3.93. The van der Waals surface area contributed by atoms with Gasteiger partial charge in [0.15, 0.2) is 0 Å². The lowest BCUT2D eigenvalue weighted by Crippen LogP contribution is -2.00. The minimum atomic E-state index is 0.838. The zero-order chi connectivity index (χ0) is 14.3. The molecule has 100 valence electrons. The highest BCUT2D eigenvalue weighted by Crippen LogP contribution is 2.24. The van der Waals surface area contributed by atoms with Crippen molar-refractivity contribution in [3.8, 4) is 11.3 Å². The van der Waals surface area contributed by atoms with E-state index in [0.717, 1.165) is 28.5 Å². The number of aryl methyl sites for hydroxylation is 1. The molecule has 0 amide bonds. The minimum absolute atomic E-state index is 0.838. The van der Waals surface area contributed by atoms with Gasteiger partial charge in [0, 0.05) is 31.5 Å². The van der Waals surface area contributed by atoms with E-state index in [-0.39, 0.29) is 0 Å². The Kier molecular flexibility index (Phi) is 5.54. The molecular formula is C15H20N4. The first kappa shape index (κ1) is 14.7. The predicted octanol–water partition coefficient (Wildman–Crippen LogP) is 3.34. The fraction of sp³-hybridized carbons (Fsp3) is 0.200. The molecule has 2 aromatic rings. The van der Waals surface area contributed by atoms with Crippen LogP contribution in [-0.4, -0.2) is 24.1 Å². The van der Waals surface area contributed by atoms with Crippen LogP contribution >= 0.6 is 0 Å². The van der Waals surface area contributed by atoms with Gasteiger partial charge in [-0.2, -0.15) is 0 Å². The zero-order valence-corrected chi connectivity index (χ0v) is 11.7. The number of pyridine rings is 2. The van der Waals surface area contributed by atoms with Gasteiger partial charge in [0.2, 0.25) is 0 Å².